The quantitative estimate of drug-likeness (QED) is 0.630. The first-order valence-corrected chi connectivity index (χ1v) is 8.78. The minimum absolute atomic E-state index is 0.585. The van der Waals surface area contributed by atoms with Gasteiger partial charge in [-0.05, 0) is 42.5 Å². The molecule has 0 amide bonds. The molecule has 122 valence electrons. The Labute approximate surface area is 142 Å². The SMILES string of the molecule is Cn1c(-c2ccccn2)c(C2CCCCC2)c2ccc(C=O)cc21. The van der Waals surface area contributed by atoms with Gasteiger partial charge < -0.3 is 4.57 Å². The fourth-order valence-electron chi connectivity index (χ4n) is 4.17. The minimum Gasteiger partial charge on any atom is -0.342 e. The van der Waals surface area contributed by atoms with Crippen molar-refractivity contribution < 1.29 is 4.79 Å². The number of fused-ring (bicyclic) bond motifs is 1. The summed E-state index contributed by atoms with van der Waals surface area (Å²) in [4.78, 5) is 15.8. The lowest BCUT2D eigenvalue weighted by atomic mass is 9.82. The summed E-state index contributed by atoms with van der Waals surface area (Å²) in [6.45, 7) is 0. The standard InChI is InChI=1S/C21H22N2O/c1-23-19-13-15(14-24)10-11-17(19)20(16-7-3-2-4-8-16)21(23)18-9-5-6-12-22-18/h5-6,9-14,16H,2-4,7-8H2,1H3. The third kappa shape index (κ3) is 2.44. The zero-order chi connectivity index (χ0) is 16.5. The van der Waals surface area contributed by atoms with E-state index in [4.69, 9.17) is 0 Å². The van der Waals surface area contributed by atoms with Crippen molar-refractivity contribution in [2.45, 2.75) is 38.0 Å². The molecule has 1 aromatic carbocycles. The molecule has 4 rings (SSSR count). The summed E-state index contributed by atoms with van der Waals surface area (Å²) in [5.41, 5.74) is 5.50. The molecule has 1 saturated carbocycles. The van der Waals surface area contributed by atoms with Crippen LogP contribution in [0.5, 0.6) is 0 Å². The van der Waals surface area contributed by atoms with Gasteiger partial charge in [0.1, 0.15) is 6.29 Å². The number of nitrogens with zero attached hydrogens (tertiary/aromatic N) is 2. The second-order valence-electron chi connectivity index (χ2n) is 6.77. The third-order valence-corrected chi connectivity index (χ3v) is 5.32. The highest BCUT2D eigenvalue weighted by Crippen LogP contribution is 2.43. The van der Waals surface area contributed by atoms with E-state index < -0.39 is 0 Å². The number of rotatable bonds is 3. The van der Waals surface area contributed by atoms with E-state index in [0.717, 1.165) is 23.1 Å². The number of aryl methyl sites for hydroxylation is 1. The van der Waals surface area contributed by atoms with E-state index in [1.54, 1.807) is 0 Å². The summed E-state index contributed by atoms with van der Waals surface area (Å²) in [6.07, 6.45) is 9.21. The molecule has 1 fully saturated rings. The summed E-state index contributed by atoms with van der Waals surface area (Å²) >= 11 is 0. The van der Waals surface area contributed by atoms with Gasteiger partial charge in [0, 0.05) is 29.7 Å². The second-order valence-corrected chi connectivity index (χ2v) is 6.77. The number of hydrogen-bond donors (Lipinski definition) is 0. The van der Waals surface area contributed by atoms with Crippen LogP contribution in [0.2, 0.25) is 0 Å². The number of carbonyl (C=O) groups is 1. The van der Waals surface area contributed by atoms with Crippen molar-refractivity contribution in [3.8, 4) is 11.4 Å². The number of carbonyl (C=O) groups excluding carboxylic acids is 1. The first-order chi connectivity index (χ1) is 11.8. The van der Waals surface area contributed by atoms with Gasteiger partial charge in [0.15, 0.2) is 0 Å². The predicted molar refractivity (Wildman–Crippen MR) is 97.4 cm³/mol. The molecular weight excluding hydrogens is 296 g/mol. The largest absolute Gasteiger partial charge is 0.342 e. The molecule has 3 nitrogen and oxygen atoms in total. The predicted octanol–water partition coefficient (Wildman–Crippen LogP) is 5.10. The molecule has 0 atom stereocenters. The van der Waals surface area contributed by atoms with Crippen LogP contribution in [-0.2, 0) is 7.05 Å². The van der Waals surface area contributed by atoms with E-state index in [0.29, 0.717) is 5.92 Å². The van der Waals surface area contributed by atoms with E-state index in [2.05, 4.69) is 28.7 Å². The van der Waals surface area contributed by atoms with Crippen LogP contribution < -0.4 is 0 Å². The van der Waals surface area contributed by atoms with Crippen LogP contribution in [-0.4, -0.2) is 15.8 Å². The summed E-state index contributed by atoms with van der Waals surface area (Å²) in [7, 11) is 2.09. The van der Waals surface area contributed by atoms with Crippen LogP contribution in [0, 0.1) is 0 Å². The van der Waals surface area contributed by atoms with Crippen molar-refractivity contribution in [3.05, 3.63) is 53.7 Å². The highest BCUT2D eigenvalue weighted by Gasteiger charge is 2.25. The molecule has 0 radical (unpaired) electrons. The lowest BCUT2D eigenvalue weighted by molar-refractivity contribution is 0.112. The molecule has 24 heavy (non-hydrogen) atoms. The molecule has 1 aliphatic rings. The highest BCUT2D eigenvalue weighted by molar-refractivity contribution is 5.95. The second kappa shape index (κ2) is 6.23. The fourth-order valence-corrected chi connectivity index (χ4v) is 4.17. The fraction of sp³-hybridized carbons (Fsp3) is 0.333. The zero-order valence-corrected chi connectivity index (χ0v) is 14.0. The van der Waals surface area contributed by atoms with Crippen molar-refractivity contribution in [2.24, 2.45) is 7.05 Å². The minimum atomic E-state index is 0.585. The van der Waals surface area contributed by atoms with Crippen molar-refractivity contribution in [1.29, 1.82) is 0 Å². The molecular formula is C21H22N2O. The lowest BCUT2D eigenvalue weighted by Gasteiger charge is -2.23. The molecule has 0 bridgehead atoms. The van der Waals surface area contributed by atoms with Gasteiger partial charge in [0.2, 0.25) is 0 Å². The number of aromatic nitrogens is 2. The number of hydrogen-bond acceptors (Lipinski definition) is 2. The topological polar surface area (TPSA) is 34.9 Å². The van der Waals surface area contributed by atoms with Crippen LogP contribution in [0.3, 0.4) is 0 Å². The highest BCUT2D eigenvalue weighted by atomic mass is 16.1. The molecule has 3 aromatic rings. The van der Waals surface area contributed by atoms with Gasteiger partial charge in [-0.2, -0.15) is 0 Å². The molecule has 0 spiro atoms. The van der Waals surface area contributed by atoms with Crippen LogP contribution in [0.4, 0.5) is 0 Å². The molecule has 3 heteroatoms. The number of aldehydes is 1. The van der Waals surface area contributed by atoms with Crippen molar-refractivity contribution in [3.63, 3.8) is 0 Å². The molecule has 0 aliphatic heterocycles. The Morgan fingerprint density at radius 2 is 1.96 bits per heavy atom. The molecule has 0 unspecified atom stereocenters. The monoisotopic (exact) mass is 318 g/mol. The van der Waals surface area contributed by atoms with Crippen molar-refractivity contribution in [1.82, 2.24) is 9.55 Å². The zero-order valence-electron chi connectivity index (χ0n) is 14.0. The van der Waals surface area contributed by atoms with Crippen LogP contribution in [0.1, 0.15) is 53.9 Å². The van der Waals surface area contributed by atoms with E-state index in [1.165, 1.54) is 48.7 Å². The first kappa shape index (κ1) is 15.1. The van der Waals surface area contributed by atoms with E-state index in [-0.39, 0.29) is 0 Å². The molecule has 1 aliphatic carbocycles. The Balaban J connectivity index is 2.00. The Bertz CT molecular complexity index is 874. The van der Waals surface area contributed by atoms with E-state index in [9.17, 15) is 4.79 Å². The van der Waals surface area contributed by atoms with Gasteiger partial charge in [0.25, 0.3) is 0 Å². The lowest BCUT2D eigenvalue weighted by Crippen LogP contribution is -2.06. The van der Waals surface area contributed by atoms with Gasteiger partial charge >= 0.3 is 0 Å². The van der Waals surface area contributed by atoms with Gasteiger partial charge in [-0.15, -0.1) is 0 Å². The first-order valence-electron chi connectivity index (χ1n) is 8.78. The van der Waals surface area contributed by atoms with Gasteiger partial charge in [0.05, 0.1) is 11.4 Å². The Morgan fingerprint density at radius 1 is 1.12 bits per heavy atom. The maximum atomic E-state index is 11.2. The van der Waals surface area contributed by atoms with E-state index in [1.807, 2.05) is 30.5 Å². The summed E-state index contributed by atoms with van der Waals surface area (Å²) in [5.74, 6) is 0.585. The molecule has 0 saturated heterocycles. The average molecular weight is 318 g/mol. The van der Waals surface area contributed by atoms with Crippen LogP contribution in [0.15, 0.2) is 42.6 Å². The number of pyridine rings is 1. The summed E-state index contributed by atoms with van der Waals surface area (Å²) < 4.78 is 2.22. The van der Waals surface area contributed by atoms with Crippen LogP contribution >= 0.6 is 0 Å². The Hall–Kier alpha value is -2.42. The van der Waals surface area contributed by atoms with E-state index >= 15 is 0 Å². The average Bonchev–Trinajstić information content (AvgIpc) is 2.95. The summed E-state index contributed by atoms with van der Waals surface area (Å²) in [5, 5.41) is 1.27. The van der Waals surface area contributed by atoms with Crippen LogP contribution in [0.25, 0.3) is 22.3 Å². The maximum absolute atomic E-state index is 11.2. The normalized spacial score (nSPS) is 15.7. The van der Waals surface area contributed by atoms with Gasteiger partial charge in [-0.25, -0.2) is 0 Å². The Morgan fingerprint density at radius 3 is 2.67 bits per heavy atom. The van der Waals surface area contributed by atoms with Crippen molar-refractivity contribution >= 4 is 17.2 Å². The maximum Gasteiger partial charge on any atom is 0.150 e. The van der Waals surface area contributed by atoms with Crippen molar-refractivity contribution in [2.75, 3.05) is 0 Å². The van der Waals surface area contributed by atoms with Gasteiger partial charge in [-0.3, -0.25) is 9.78 Å². The molecule has 2 heterocycles. The molecule has 2 aromatic heterocycles. The number of benzene rings is 1. The third-order valence-electron chi connectivity index (χ3n) is 5.32. The smallest absolute Gasteiger partial charge is 0.150 e. The summed E-state index contributed by atoms with van der Waals surface area (Å²) in [6, 6.07) is 12.1. The Kier molecular flexibility index (Phi) is 3.93. The molecule has 0 N–H and O–H groups in total. The van der Waals surface area contributed by atoms with Gasteiger partial charge in [-0.1, -0.05) is 37.5 Å².